The number of carbonyl (C=O) groups is 2. The number of rotatable bonds is 2. The van der Waals surface area contributed by atoms with E-state index in [2.05, 4.69) is 4.99 Å². The molecule has 1 atom stereocenters. The second-order valence-corrected chi connectivity index (χ2v) is 8.25. The molecule has 0 radical (unpaired) electrons. The van der Waals surface area contributed by atoms with Crippen molar-refractivity contribution in [1.82, 2.24) is 10.2 Å². The zero-order valence-electron chi connectivity index (χ0n) is 14.5. The number of benzene rings is 1. The molecular weight excluding hydrogens is 367 g/mol. The van der Waals surface area contributed by atoms with Gasteiger partial charge in [0, 0.05) is 17.9 Å². The normalized spacial score (nSPS) is 23.1. The van der Waals surface area contributed by atoms with Gasteiger partial charge in [-0.05, 0) is 23.1 Å². The number of alkyl halides is 3. The molecule has 1 fully saturated rings. The summed E-state index contributed by atoms with van der Waals surface area (Å²) < 4.78 is 41.1. The molecule has 26 heavy (non-hydrogen) atoms. The van der Waals surface area contributed by atoms with E-state index in [0.29, 0.717) is 5.75 Å². The van der Waals surface area contributed by atoms with Crippen LogP contribution in [0.4, 0.5) is 13.2 Å². The van der Waals surface area contributed by atoms with Crippen molar-refractivity contribution in [1.29, 1.82) is 0 Å². The zero-order chi connectivity index (χ0) is 19.3. The molecule has 140 valence electrons. The molecular formula is C17H18F3N3O2S. The van der Waals surface area contributed by atoms with Crippen LogP contribution in [0.25, 0.3) is 0 Å². The lowest BCUT2D eigenvalue weighted by molar-refractivity contribution is -0.196. The lowest BCUT2D eigenvalue weighted by atomic mass is 9.86. The second-order valence-electron chi connectivity index (χ2n) is 7.19. The first-order valence-electron chi connectivity index (χ1n) is 8.00. The van der Waals surface area contributed by atoms with E-state index in [9.17, 15) is 22.8 Å². The number of nitrogens with zero attached hydrogens (tertiary/aromatic N) is 2. The molecule has 0 bridgehead atoms. The molecule has 1 saturated heterocycles. The summed E-state index contributed by atoms with van der Waals surface area (Å²) in [4.78, 5) is 29.3. The van der Waals surface area contributed by atoms with Gasteiger partial charge in [0.15, 0.2) is 5.17 Å². The summed E-state index contributed by atoms with van der Waals surface area (Å²) in [7, 11) is 0. The molecule has 5 nitrogen and oxygen atoms in total. The lowest BCUT2D eigenvalue weighted by Gasteiger charge is -2.28. The topological polar surface area (TPSA) is 61.8 Å². The van der Waals surface area contributed by atoms with Crippen molar-refractivity contribution < 1.29 is 22.8 Å². The molecule has 9 heteroatoms. The van der Waals surface area contributed by atoms with Gasteiger partial charge >= 0.3 is 11.8 Å². The number of halogens is 3. The minimum atomic E-state index is -5.04. The van der Waals surface area contributed by atoms with Crippen LogP contribution in [0.5, 0.6) is 0 Å². The van der Waals surface area contributed by atoms with E-state index in [-0.39, 0.29) is 22.7 Å². The molecule has 2 heterocycles. The monoisotopic (exact) mass is 385 g/mol. The smallest absolute Gasteiger partial charge is 0.312 e. The molecule has 2 amide bonds. The number of amides is 2. The Hall–Kier alpha value is -2.03. The fourth-order valence-electron chi connectivity index (χ4n) is 2.76. The molecule has 1 aromatic carbocycles. The van der Waals surface area contributed by atoms with Crippen molar-refractivity contribution in [3.63, 3.8) is 0 Å². The number of hydrogen-bond donors (Lipinski definition) is 1. The molecule has 1 unspecified atom stereocenters. The van der Waals surface area contributed by atoms with Crippen LogP contribution in [0.15, 0.2) is 29.3 Å². The van der Waals surface area contributed by atoms with Gasteiger partial charge in [0.2, 0.25) is 0 Å². The molecule has 3 rings (SSSR count). The Kier molecular flexibility index (Phi) is 4.33. The molecule has 2 aliphatic heterocycles. The molecule has 1 aromatic rings. The summed E-state index contributed by atoms with van der Waals surface area (Å²) in [6, 6.07) is 6.27. The molecule has 0 aromatic heterocycles. The Morgan fingerprint density at radius 3 is 2.35 bits per heavy atom. The first-order chi connectivity index (χ1) is 12.0. The van der Waals surface area contributed by atoms with Crippen LogP contribution >= 0.6 is 11.8 Å². The first kappa shape index (κ1) is 18.8. The lowest BCUT2D eigenvalue weighted by Crippen LogP contribution is -2.63. The molecule has 2 aliphatic rings. The van der Waals surface area contributed by atoms with Crippen LogP contribution in [0.2, 0.25) is 0 Å². The van der Waals surface area contributed by atoms with E-state index >= 15 is 0 Å². The fraction of sp³-hybridized carbons (Fsp3) is 0.471. The number of fused-ring (bicyclic) bond motifs is 1. The van der Waals surface area contributed by atoms with Crippen LogP contribution in [0, 0.1) is 0 Å². The average Bonchev–Trinajstić information content (AvgIpc) is 3.08. The quantitative estimate of drug-likeness (QED) is 0.852. The van der Waals surface area contributed by atoms with Crippen molar-refractivity contribution in [2.45, 2.75) is 38.0 Å². The van der Waals surface area contributed by atoms with Gasteiger partial charge in [-0.2, -0.15) is 13.2 Å². The van der Waals surface area contributed by atoms with E-state index in [1.807, 2.05) is 26.1 Å². The maximum atomic E-state index is 13.7. The van der Waals surface area contributed by atoms with Gasteiger partial charge in [-0.3, -0.25) is 14.5 Å². The number of carbonyl (C=O) groups excluding carboxylic acids is 2. The van der Waals surface area contributed by atoms with E-state index in [0.717, 1.165) is 22.2 Å². The van der Waals surface area contributed by atoms with Crippen molar-refractivity contribution in [2.75, 3.05) is 12.3 Å². The van der Waals surface area contributed by atoms with Gasteiger partial charge < -0.3 is 5.32 Å². The number of hydrogen-bond acceptors (Lipinski definition) is 4. The van der Waals surface area contributed by atoms with Gasteiger partial charge in [-0.25, -0.2) is 4.99 Å². The summed E-state index contributed by atoms with van der Waals surface area (Å²) in [6.45, 7) is 6.10. The van der Waals surface area contributed by atoms with Crippen molar-refractivity contribution in [3.8, 4) is 0 Å². The third-order valence-electron chi connectivity index (χ3n) is 4.31. The Bertz CT molecular complexity index is 784. The van der Waals surface area contributed by atoms with E-state index in [4.69, 9.17) is 0 Å². The Labute approximate surface area is 153 Å². The molecule has 0 saturated carbocycles. The van der Waals surface area contributed by atoms with Gasteiger partial charge in [0.1, 0.15) is 0 Å². The Morgan fingerprint density at radius 1 is 1.23 bits per heavy atom. The summed E-state index contributed by atoms with van der Waals surface area (Å²) >= 11 is 1.07. The molecule has 0 spiro atoms. The maximum absolute atomic E-state index is 13.7. The van der Waals surface area contributed by atoms with Gasteiger partial charge in [0.25, 0.3) is 11.8 Å². The maximum Gasteiger partial charge on any atom is 0.442 e. The number of thioether (sulfide) groups is 1. The van der Waals surface area contributed by atoms with E-state index in [1.54, 1.807) is 12.1 Å². The van der Waals surface area contributed by atoms with E-state index in [1.165, 1.54) is 12.1 Å². The van der Waals surface area contributed by atoms with Crippen LogP contribution in [0.1, 0.15) is 36.7 Å². The number of nitrogens with one attached hydrogen (secondary N) is 1. The van der Waals surface area contributed by atoms with Gasteiger partial charge in [-0.15, -0.1) is 0 Å². The minimum absolute atomic E-state index is 0.00398. The Balaban J connectivity index is 1.91. The average molecular weight is 385 g/mol. The second kappa shape index (κ2) is 6.00. The van der Waals surface area contributed by atoms with Crippen molar-refractivity contribution in [2.24, 2.45) is 4.99 Å². The summed E-state index contributed by atoms with van der Waals surface area (Å²) in [5, 5.41) is 1.83. The van der Waals surface area contributed by atoms with Gasteiger partial charge in [0.05, 0.1) is 0 Å². The molecule has 0 aliphatic carbocycles. The zero-order valence-corrected chi connectivity index (χ0v) is 15.3. The Morgan fingerprint density at radius 2 is 1.85 bits per heavy atom. The highest BCUT2D eigenvalue weighted by molar-refractivity contribution is 8.14. The third-order valence-corrected chi connectivity index (χ3v) is 5.27. The van der Waals surface area contributed by atoms with Crippen molar-refractivity contribution in [3.05, 3.63) is 35.4 Å². The first-order valence-corrected chi connectivity index (χ1v) is 8.99. The standard InChI is InChI=1S/C17H18F3N3O2S/c1-15(2,3)11-6-4-10(5-7-11)12(24)21-16(17(18,19)20)13(25)23-8-9-26-14(23)22-16/h4-7H,8-9H2,1-3H3,(H,21,24). The highest BCUT2D eigenvalue weighted by Gasteiger charge is 2.67. The summed E-state index contributed by atoms with van der Waals surface area (Å²) in [6.07, 6.45) is -5.04. The fourth-order valence-corrected chi connectivity index (χ4v) is 3.75. The van der Waals surface area contributed by atoms with Gasteiger partial charge in [-0.1, -0.05) is 44.7 Å². The number of amidine groups is 1. The van der Waals surface area contributed by atoms with Crippen LogP contribution in [0.3, 0.4) is 0 Å². The SMILES string of the molecule is CC(C)(C)c1ccc(C(=O)NC2(C(F)(F)F)N=C3SCCN3C2=O)cc1. The summed E-state index contributed by atoms with van der Waals surface area (Å²) in [5.41, 5.74) is -2.43. The highest BCUT2D eigenvalue weighted by atomic mass is 32.2. The third kappa shape index (κ3) is 2.98. The largest absolute Gasteiger partial charge is 0.442 e. The van der Waals surface area contributed by atoms with Crippen LogP contribution in [-0.4, -0.2) is 46.0 Å². The van der Waals surface area contributed by atoms with E-state index < -0.39 is 23.7 Å². The van der Waals surface area contributed by atoms with Crippen molar-refractivity contribution >= 4 is 28.7 Å². The summed E-state index contributed by atoms with van der Waals surface area (Å²) in [5.74, 6) is -1.77. The minimum Gasteiger partial charge on any atom is -0.312 e. The number of aliphatic imine (C=N–C) groups is 1. The predicted octanol–water partition coefficient (Wildman–Crippen LogP) is 2.92. The van der Waals surface area contributed by atoms with Crippen LogP contribution < -0.4 is 5.32 Å². The predicted molar refractivity (Wildman–Crippen MR) is 93.0 cm³/mol. The highest BCUT2D eigenvalue weighted by Crippen LogP contribution is 2.41. The molecule has 1 N–H and O–H groups in total. The van der Waals surface area contributed by atoms with Crippen LogP contribution in [-0.2, 0) is 10.2 Å².